The number of nitrogens with one attached hydrogen (secondary N) is 1. The first-order valence-corrected chi connectivity index (χ1v) is 6.70. The average Bonchev–Trinajstić information content (AvgIpc) is 2.40. The summed E-state index contributed by atoms with van der Waals surface area (Å²) < 4.78 is 34.3. The molecule has 0 bridgehead atoms. The summed E-state index contributed by atoms with van der Waals surface area (Å²) in [6.07, 6.45) is 12.7. The highest BCUT2D eigenvalue weighted by Gasteiger charge is 2.19. The predicted molar refractivity (Wildman–Crippen MR) is 66.3 cm³/mol. The molecule has 0 aromatic heterocycles. The van der Waals surface area contributed by atoms with Crippen LogP contribution in [0, 0.1) is 0 Å². The molecule has 1 heterocycles. The first-order chi connectivity index (χ1) is 8.75. The molecule has 0 saturated carbocycles. The number of ether oxygens (including phenoxy) is 2. The molecule has 0 saturated heterocycles. The smallest absolute Gasteiger partial charge is 0.156 e. The van der Waals surface area contributed by atoms with Crippen LogP contribution in [-0.2, 0) is 20.7 Å². The van der Waals surface area contributed by atoms with E-state index in [2.05, 4.69) is 10.8 Å². The summed E-state index contributed by atoms with van der Waals surface area (Å²) in [5.41, 5.74) is 1.18. The van der Waals surface area contributed by atoms with Gasteiger partial charge in [-0.3, -0.25) is 4.21 Å². The Morgan fingerprint density at radius 1 is 1.50 bits per heavy atom. The highest BCUT2D eigenvalue weighted by molar-refractivity contribution is 7.77. The number of hydrogen-bond acceptors (Lipinski definition) is 4. The fourth-order valence-corrected chi connectivity index (χ4v) is 2.27. The van der Waals surface area contributed by atoms with Gasteiger partial charge in [-0.25, -0.2) is 4.72 Å². The predicted octanol–water partition coefficient (Wildman–Crippen LogP) is 1.76. The Kier molecular flexibility index (Phi) is 4.74. The van der Waals surface area contributed by atoms with E-state index in [1.807, 2.05) is 12.2 Å². The van der Waals surface area contributed by atoms with Gasteiger partial charge in [-0.15, -0.1) is 0 Å². The Bertz CT molecular complexity index is 439. The Balaban J connectivity index is 2.04. The van der Waals surface area contributed by atoms with Crippen LogP contribution in [-0.4, -0.2) is 14.8 Å². The van der Waals surface area contributed by atoms with Crippen molar-refractivity contribution in [3.63, 3.8) is 0 Å². The molecule has 0 amide bonds. The molecule has 2 unspecified atom stereocenters. The van der Waals surface area contributed by atoms with Crippen LogP contribution in [0.4, 0.5) is 0 Å². The number of allylic oxidation sites excluding steroid dienone is 3. The first-order valence-electron chi connectivity index (χ1n) is 5.63. The van der Waals surface area contributed by atoms with Gasteiger partial charge in [0, 0.05) is 11.3 Å². The number of hydrogen-bond donors (Lipinski definition) is 1. The Hall–Kier alpha value is -1.37. The van der Waals surface area contributed by atoms with Crippen LogP contribution in [0.3, 0.4) is 0 Å². The Labute approximate surface area is 108 Å². The minimum Gasteiger partial charge on any atom is -0.760 e. The second kappa shape index (κ2) is 6.53. The van der Waals surface area contributed by atoms with Gasteiger partial charge in [0.15, 0.2) is 5.76 Å². The van der Waals surface area contributed by atoms with Gasteiger partial charge in [0.25, 0.3) is 0 Å². The summed E-state index contributed by atoms with van der Waals surface area (Å²) in [5, 5.41) is 0. The standard InChI is InChI=1S/C12H15NO4S/c14-18(15)13-11(12-9-16-6-7-17-12)8-10-4-2-1-3-5-10/h1-2,4,6-7,9,11,13H,3,5,8H2,(H,14,15)/p-1. The van der Waals surface area contributed by atoms with E-state index < -0.39 is 17.3 Å². The molecule has 0 radical (unpaired) electrons. The molecule has 5 nitrogen and oxygen atoms in total. The maximum absolute atomic E-state index is 10.8. The van der Waals surface area contributed by atoms with E-state index >= 15 is 0 Å². The fraction of sp³-hybridized carbons (Fsp3) is 0.333. The first kappa shape index (κ1) is 13.1. The summed E-state index contributed by atoms with van der Waals surface area (Å²) in [5.74, 6) is 0.456. The van der Waals surface area contributed by atoms with Gasteiger partial charge >= 0.3 is 0 Å². The van der Waals surface area contributed by atoms with Crippen molar-refractivity contribution in [2.24, 2.45) is 0 Å². The van der Waals surface area contributed by atoms with Crippen LogP contribution in [0.1, 0.15) is 19.3 Å². The summed E-state index contributed by atoms with van der Waals surface area (Å²) in [6.45, 7) is 0. The molecule has 6 heteroatoms. The van der Waals surface area contributed by atoms with Gasteiger partial charge in [0.05, 0.1) is 6.04 Å². The molecule has 1 N–H and O–H groups in total. The zero-order valence-electron chi connectivity index (χ0n) is 9.70. The molecule has 98 valence electrons. The lowest BCUT2D eigenvalue weighted by atomic mass is 9.98. The highest BCUT2D eigenvalue weighted by Crippen LogP contribution is 2.22. The van der Waals surface area contributed by atoms with Gasteiger partial charge in [-0.2, -0.15) is 0 Å². The summed E-state index contributed by atoms with van der Waals surface area (Å²) in [6, 6.07) is -0.439. The molecule has 2 aliphatic rings. The topological polar surface area (TPSA) is 70.6 Å². The minimum atomic E-state index is -2.35. The average molecular weight is 268 g/mol. The molecule has 2 rings (SSSR count). The van der Waals surface area contributed by atoms with Crippen LogP contribution < -0.4 is 4.72 Å². The lowest BCUT2D eigenvalue weighted by Gasteiger charge is -2.24. The van der Waals surface area contributed by atoms with Crippen molar-refractivity contribution in [3.8, 4) is 0 Å². The summed E-state index contributed by atoms with van der Waals surface area (Å²) in [7, 11) is 0. The van der Waals surface area contributed by atoms with E-state index in [9.17, 15) is 8.76 Å². The van der Waals surface area contributed by atoms with Gasteiger partial charge in [-0.1, -0.05) is 23.8 Å². The molecular weight excluding hydrogens is 254 g/mol. The van der Waals surface area contributed by atoms with Crippen LogP contribution >= 0.6 is 0 Å². The van der Waals surface area contributed by atoms with Gasteiger partial charge < -0.3 is 14.0 Å². The number of rotatable bonds is 5. The third-order valence-corrected chi connectivity index (χ3v) is 3.15. The van der Waals surface area contributed by atoms with E-state index in [-0.39, 0.29) is 0 Å². The Morgan fingerprint density at radius 3 is 3.00 bits per heavy atom. The molecule has 0 spiro atoms. The fourth-order valence-electron chi connectivity index (χ4n) is 1.84. The maximum Gasteiger partial charge on any atom is 0.156 e. The molecule has 2 atom stereocenters. The van der Waals surface area contributed by atoms with Crippen molar-refractivity contribution in [2.45, 2.75) is 25.3 Å². The van der Waals surface area contributed by atoms with Crippen molar-refractivity contribution in [3.05, 3.63) is 48.3 Å². The van der Waals surface area contributed by atoms with Crippen LogP contribution in [0.15, 0.2) is 48.3 Å². The second-order valence-electron chi connectivity index (χ2n) is 3.95. The lowest BCUT2D eigenvalue weighted by Crippen LogP contribution is -2.34. The van der Waals surface area contributed by atoms with Crippen LogP contribution in [0.25, 0.3) is 0 Å². The molecule has 0 fully saturated rings. The van der Waals surface area contributed by atoms with Crippen molar-refractivity contribution < 1.29 is 18.2 Å². The van der Waals surface area contributed by atoms with Crippen LogP contribution in [0.2, 0.25) is 0 Å². The molecule has 1 aliphatic heterocycles. The normalized spacial score (nSPS) is 21.4. The molecular formula is C12H14NO4S-. The molecule has 18 heavy (non-hydrogen) atoms. The summed E-state index contributed by atoms with van der Waals surface area (Å²) in [4.78, 5) is 0. The second-order valence-corrected chi connectivity index (χ2v) is 4.65. The van der Waals surface area contributed by atoms with E-state index in [1.54, 1.807) is 0 Å². The largest absolute Gasteiger partial charge is 0.760 e. The SMILES string of the molecule is O=S([O-])NC(CC1=CC=CCC1)C1=COC=CO1. The van der Waals surface area contributed by atoms with Gasteiger partial charge in [0.2, 0.25) is 0 Å². The third-order valence-electron chi connectivity index (χ3n) is 2.67. The Morgan fingerprint density at radius 2 is 2.39 bits per heavy atom. The van der Waals surface area contributed by atoms with Gasteiger partial charge in [0.1, 0.15) is 18.8 Å². The van der Waals surface area contributed by atoms with Gasteiger partial charge in [-0.05, 0) is 19.3 Å². The molecule has 0 aromatic carbocycles. The minimum absolute atomic E-state index is 0.439. The molecule has 1 aliphatic carbocycles. The third kappa shape index (κ3) is 3.83. The van der Waals surface area contributed by atoms with Crippen molar-refractivity contribution >= 4 is 11.3 Å². The van der Waals surface area contributed by atoms with E-state index in [1.165, 1.54) is 24.4 Å². The highest BCUT2D eigenvalue weighted by atomic mass is 32.2. The van der Waals surface area contributed by atoms with Crippen molar-refractivity contribution in [1.29, 1.82) is 0 Å². The monoisotopic (exact) mass is 268 g/mol. The molecule has 0 aromatic rings. The lowest BCUT2D eigenvalue weighted by molar-refractivity contribution is 0.232. The zero-order chi connectivity index (χ0) is 12.8. The van der Waals surface area contributed by atoms with E-state index in [0.717, 1.165) is 12.8 Å². The van der Waals surface area contributed by atoms with E-state index in [4.69, 9.17) is 9.47 Å². The van der Waals surface area contributed by atoms with Crippen LogP contribution in [0.5, 0.6) is 0 Å². The maximum atomic E-state index is 10.8. The quantitative estimate of drug-likeness (QED) is 0.771. The zero-order valence-corrected chi connectivity index (χ0v) is 10.5. The van der Waals surface area contributed by atoms with Crippen molar-refractivity contribution in [1.82, 2.24) is 4.72 Å². The van der Waals surface area contributed by atoms with Crippen molar-refractivity contribution in [2.75, 3.05) is 0 Å². The van der Waals surface area contributed by atoms with E-state index in [0.29, 0.717) is 12.2 Å². The summed E-state index contributed by atoms with van der Waals surface area (Å²) >= 11 is -2.35.